The summed E-state index contributed by atoms with van der Waals surface area (Å²) >= 11 is 0. The van der Waals surface area contributed by atoms with E-state index in [0.717, 1.165) is 6.42 Å². The van der Waals surface area contributed by atoms with Crippen LogP contribution in [0.3, 0.4) is 0 Å². The number of rotatable bonds is 4. The molecule has 1 aliphatic carbocycles. The molecule has 1 aliphatic rings. The standard InChI is InChI=1S/C10H15NO4/c1-7(12)10(2,6-11(14)15)8-4-3-5-9(8)13/h8H,3-6H2,1-2H3. The van der Waals surface area contributed by atoms with Crippen LogP contribution >= 0.6 is 0 Å². The molecule has 2 atom stereocenters. The Morgan fingerprint density at radius 2 is 2.27 bits per heavy atom. The molecule has 1 saturated carbocycles. The van der Waals surface area contributed by atoms with Gasteiger partial charge in [-0.05, 0) is 26.7 Å². The predicted octanol–water partition coefficient (Wildman–Crippen LogP) is 1.23. The summed E-state index contributed by atoms with van der Waals surface area (Å²) in [5.74, 6) is -0.727. The van der Waals surface area contributed by atoms with E-state index in [-0.39, 0.29) is 11.6 Å². The van der Waals surface area contributed by atoms with E-state index in [1.807, 2.05) is 0 Å². The minimum absolute atomic E-state index is 0.00505. The lowest BCUT2D eigenvalue weighted by Gasteiger charge is -2.27. The average molecular weight is 213 g/mol. The van der Waals surface area contributed by atoms with Gasteiger partial charge in [0.05, 0.1) is 5.41 Å². The summed E-state index contributed by atoms with van der Waals surface area (Å²) in [6.45, 7) is 2.42. The molecule has 5 nitrogen and oxygen atoms in total. The van der Waals surface area contributed by atoms with Crippen molar-refractivity contribution in [3.63, 3.8) is 0 Å². The van der Waals surface area contributed by atoms with E-state index < -0.39 is 22.8 Å². The Labute approximate surface area is 88.0 Å². The van der Waals surface area contributed by atoms with Crippen molar-refractivity contribution in [1.82, 2.24) is 0 Å². The fraction of sp³-hybridized carbons (Fsp3) is 0.800. The number of Topliss-reactive ketones (excluding diaryl/α,β-unsaturated/α-hetero) is 2. The number of carbonyl (C=O) groups is 2. The molecule has 0 radical (unpaired) electrons. The van der Waals surface area contributed by atoms with Gasteiger partial charge in [0.2, 0.25) is 6.54 Å². The lowest BCUT2D eigenvalue weighted by molar-refractivity contribution is -0.494. The van der Waals surface area contributed by atoms with Gasteiger partial charge in [0.25, 0.3) is 0 Å². The van der Waals surface area contributed by atoms with Gasteiger partial charge in [-0.25, -0.2) is 0 Å². The zero-order chi connectivity index (χ0) is 11.6. The molecular formula is C10H15NO4. The highest BCUT2D eigenvalue weighted by molar-refractivity contribution is 5.92. The van der Waals surface area contributed by atoms with Gasteiger partial charge in [-0.3, -0.25) is 19.7 Å². The number of nitrogens with zero attached hydrogens (tertiary/aromatic N) is 1. The Balaban J connectivity index is 2.94. The van der Waals surface area contributed by atoms with E-state index in [1.165, 1.54) is 13.8 Å². The second-order valence-corrected chi connectivity index (χ2v) is 4.38. The van der Waals surface area contributed by atoms with E-state index in [0.29, 0.717) is 12.8 Å². The Morgan fingerprint density at radius 3 is 2.60 bits per heavy atom. The van der Waals surface area contributed by atoms with Crippen LogP contribution in [0, 0.1) is 21.4 Å². The van der Waals surface area contributed by atoms with Crippen LogP contribution in [0.15, 0.2) is 0 Å². The molecule has 0 aromatic heterocycles. The molecule has 1 rings (SSSR count). The summed E-state index contributed by atoms with van der Waals surface area (Å²) in [4.78, 5) is 33.0. The second kappa shape index (κ2) is 4.08. The van der Waals surface area contributed by atoms with Crippen molar-refractivity contribution in [2.75, 3.05) is 6.54 Å². The topological polar surface area (TPSA) is 77.3 Å². The fourth-order valence-corrected chi connectivity index (χ4v) is 2.22. The van der Waals surface area contributed by atoms with Gasteiger partial charge in [-0.15, -0.1) is 0 Å². The van der Waals surface area contributed by atoms with Crippen molar-refractivity contribution in [3.8, 4) is 0 Å². The molecular weight excluding hydrogens is 198 g/mol. The Hall–Kier alpha value is -1.26. The third-order valence-electron chi connectivity index (χ3n) is 3.34. The zero-order valence-electron chi connectivity index (χ0n) is 8.99. The van der Waals surface area contributed by atoms with Gasteiger partial charge in [0.15, 0.2) is 0 Å². The highest BCUT2D eigenvalue weighted by Crippen LogP contribution is 2.38. The number of carbonyl (C=O) groups excluding carboxylic acids is 2. The average Bonchev–Trinajstić information content (AvgIpc) is 2.49. The molecule has 84 valence electrons. The summed E-state index contributed by atoms with van der Waals surface area (Å²) < 4.78 is 0. The Bertz CT molecular complexity index is 313. The molecule has 0 aromatic rings. The van der Waals surface area contributed by atoms with Gasteiger partial charge < -0.3 is 0 Å². The third-order valence-corrected chi connectivity index (χ3v) is 3.34. The third kappa shape index (κ3) is 2.22. The van der Waals surface area contributed by atoms with Gasteiger partial charge in [0.1, 0.15) is 11.6 Å². The first-order valence-electron chi connectivity index (χ1n) is 5.03. The van der Waals surface area contributed by atoms with Crippen LogP contribution in [0.2, 0.25) is 0 Å². The molecule has 0 amide bonds. The lowest BCUT2D eigenvalue weighted by Crippen LogP contribution is -2.42. The summed E-state index contributed by atoms with van der Waals surface area (Å²) in [7, 11) is 0. The molecule has 0 N–H and O–H groups in total. The van der Waals surface area contributed by atoms with E-state index in [9.17, 15) is 19.7 Å². The highest BCUT2D eigenvalue weighted by Gasteiger charge is 2.48. The molecule has 0 aliphatic heterocycles. The first kappa shape index (κ1) is 11.8. The van der Waals surface area contributed by atoms with Gasteiger partial charge >= 0.3 is 0 Å². The number of nitro groups is 1. The normalized spacial score (nSPS) is 24.9. The SMILES string of the molecule is CC(=O)C(C)(C[N+](=O)[O-])C1CCCC1=O. The Morgan fingerprint density at radius 1 is 1.67 bits per heavy atom. The minimum Gasteiger partial charge on any atom is -0.299 e. The highest BCUT2D eigenvalue weighted by atomic mass is 16.6. The van der Waals surface area contributed by atoms with Crippen molar-refractivity contribution in [3.05, 3.63) is 10.1 Å². The van der Waals surface area contributed by atoms with Crippen molar-refractivity contribution in [2.24, 2.45) is 11.3 Å². The van der Waals surface area contributed by atoms with Gasteiger partial charge in [-0.1, -0.05) is 0 Å². The van der Waals surface area contributed by atoms with Crippen molar-refractivity contribution in [1.29, 1.82) is 0 Å². The summed E-state index contributed by atoms with van der Waals surface area (Å²) in [5.41, 5.74) is -1.11. The van der Waals surface area contributed by atoms with Crippen LogP contribution < -0.4 is 0 Å². The first-order chi connectivity index (χ1) is 6.88. The molecule has 15 heavy (non-hydrogen) atoms. The maximum Gasteiger partial charge on any atom is 0.216 e. The van der Waals surface area contributed by atoms with Crippen LogP contribution in [0.4, 0.5) is 0 Å². The number of hydrogen-bond acceptors (Lipinski definition) is 4. The van der Waals surface area contributed by atoms with Crippen molar-refractivity contribution < 1.29 is 14.5 Å². The van der Waals surface area contributed by atoms with Crippen LogP contribution in [0.1, 0.15) is 33.1 Å². The predicted molar refractivity (Wildman–Crippen MR) is 53.0 cm³/mol. The molecule has 0 saturated heterocycles. The van der Waals surface area contributed by atoms with Crippen LogP contribution in [-0.4, -0.2) is 23.0 Å². The summed E-state index contributed by atoms with van der Waals surface area (Å²) in [6.07, 6.45) is 1.79. The zero-order valence-corrected chi connectivity index (χ0v) is 8.99. The van der Waals surface area contributed by atoms with Crippen LogP contribution in [0.25, 0.3) is 0 Å². The van der Waals surface area contributed by atoms with E-state index in [1.54, 1.807) is 0 Å². The maximum atomic E-state index is 11.5. The molecule has 1 fully saturated rings. The number of ketones is 2. The second-order valence-electron chi connectivity index (χ2n) is 4.38. The lowest BCUT2D eigenvalue weighted by atomic mass is 9.73. The molecule has 0 aromatic carbocycles. The van der Waals surface area contributed by atoms with Crippen molar-refractivity contribution >= 4 is 11.6 Å². The maximum absolute atomic E-state index is 11.5. The molecule has 0 spiro atoms. The Kier molecular flexibility index (Phi) is 3.21. The van der Waals surface area contributed by atoms with E-state index in [2.05, 4.69) is 0 Å². The summed E-state index contributed by atoms with van der Waals surface area (Å²) in [6, 6.07) is 0. The van der Waals surface area contributed by atoms with E-state index in [4.69, 9.17) is 0 Å². The van der Waals surface area contributed by atoms with Crippen LogP contribution in [0.5, 0.6) is 0 Å². The smallest absolute Gasteiger partial charge is 0.216 e. The first-order valence-corrected chi connectivity index (χ1v) is 5.03. The largest absolute Gasteiger partial charge is 0.299 e. The quantitative estimate of drug-likeness (QED) is 0.519. The van der Waals surface area contributed by atoms with Crippen LogP contribution in [-0.2, 0) is 9.59 Å². The molecule has 0 bridgehead atoms. The van der Waals surface area contributed by atoms with Gasteiger partial charge in [0, 0.05) is 17.3 Å². The molecule has 2 unspecified atom stereocenters. The van der Waals surface area contributed by atoms with Gasteiger partial charge in [-0.2, -0.15) is 0 Å². The molecule has 0 heterocycles. The fourth-order valence-electron chi connectivity index (χ4n) is 2.22. The summed E-state index contributed by atoms with van der Waals surface area (Å²) in [5, 5.41) is 10.5. The number of hydrogen-bond donors (Lipinski definition) is 0. The molecule has 5 heteroatoms. The minimum atomic E-state index is -1.11. The van der Waals surface area contributed by atoms with Crippen molar-refractivity contribution in [2.45, 2.75) is 33.1 Å². The monoisotopic (exact) mass is 213 g/mol. The van der Waals surface area contributed by atoms with E-state index >= 15 is 0 Å².